The maximum absolute atomic E-state index is 12.1. The molecule has 0 radical (unpaired) electrons. The molecule has 0 saturated heterocycles. The van der Waals surface area contributed by atoms with Crippen LogP contribution >= 0.6 is 11.6 Å². The van der Waals surface area contributed by atoms with Crippen molar-refractivity contribution in [1.82, 2.24) is 5.16 Å². The molecular weight excluding hydrogens is 344 g/mol. The third-order valence-corrected chi connectivity index (χ3v) is 3.76. The number of rotatable bonds is 5. The number of aromatic nitrogens is 1. The minimum absolute atomic E-state index is 0.0616. The van der Waals surface area contributed by atoms with Crippen LogP contribution in [0.1, 0.15) is 16.1 Å². The van der Waals surface area contributed by atoms with E-state index in [0.717, 1.165) is 11.3 Å². The first-order chi connectivity index (χ1) is 12.1. The summed E-state index contributed by atoms with van der Waals surface area (Å²) in [5, 5.41) is 4.38. The molecule has 3 rings (SSSR count). The van der Waals surface area contributed by atoms with Gasteiger partial charge in [-0.05, 0) is 42.5 Å². The zero-order chi connectivity index (χ0) is 17.8. The summed E-state index contributed by atoms with van der Waals surface area (Å²) in [6.45, 7) is -0.0616. The molecule has 0 saturated carbocycles. The predicted octanol–water partition coefficient (Wildman–Crippen LogP) is 3.94. The Morgan fingerprint density at radius 1 is 1.20 bits per heavy atom. The number of esters is 1. The molecule has 0 atom stereocenters. The number of methoxy groups -OCH3 is 1. The highest BCUT2D eigenvalue weighted by Crippen LogP contribution is 2.23. The summed E-state index contributed by atoms with van der Waals surface area (Å²) in [4.78, 5) is 12.1. The number of halogens is 1. The Labute approximate surface area is 149 Å². The molecule has 0 unspecified atom stereocenters. The fourth-order valence-corrected chi connectivity index (χ4v) is 2.37. The van der Waals surface area contributed by atoms with Crippen molar-refractivity contribution in [3.63, 3.8) is 0 Å². The second-order valence-corrected chi connectivity index (χ2v) is 5.65. The van der Waals surface area contributed by atoms with E-state index in [1.165, 1.54) is 6.07 Å². The topological polar surface area (TPSA) is 87.6 Å². The van der Waals surface area contributed by atoms with Crippen LogP contribution in [0, 0.1) is 0 Å². The van der Waals surface area contributed by atoms with Crippen LogP contribution in [0.25, 0.3) is 11.3 Å². The van der Waals surface area contributed by atoms with E-state index in [1.54, 1.807) is 25.3 Å². The highest BCUT2D eigenvalue weighted by Gasteiger charge is 2.14. The molecule has 0 aliphatic rings. The standard InChI is InChI=1S/C18H15ClN2O4/c1-23-13-5-2-11(3-6-13)17-9-14(25-21-17)10-24-18(22)15-8-12(19)4-7-16(15)20/h2-9H,10,20H2,1H3. The van der Waals surface area contributed by atoms with Gasteiger partial charge in [-0.15, -0.1) is 0 Å². The molecule has 0 bridgehead atoms. The molecular formula is C18H15ClN2O4. The maximum Gasteiger partial charge on any atom is 0.340 e. The van der Waals surface area contributed by atoms with Gasteiger partial charge < -0.3 is 19.7 Å². The van der Waals surface area contributed by atoms with Crippen LogP contribution in [0.3, 0.4) is 0 Å². The van der Waals surface area contributed by atoms with E-state index in [2.05, 4.69) is 5.16 Å². The Balaban J connectivity index is 1.67. The summed E-state index contributed by atoms with van der Waals surface area (Å²) in [5.74, 6) is 0.586. The van der Waals surface area contributed by atoms with Crippen molar-refractivity contribution < 1.29 is 18.8 Å². The third kappa shape index (κ3) is 3.92. The van der Waals surface area contributed by atoms with Crippen LogP contribution in [-0.4, -0.2) is 18.2 Å². The molecule has 3 aromatic rings. The second-order valence-electron chi connectivity index (χ2n) is 5.21. The van der Waals surface area contributed by atoms with Gasteiger partial charge in [0.05, 0.1) is 12.7 Å². The lowest BCUT2D eigenvalue weighted by atomic mass is 10.1. The first kappa shape index (κ1) is 16.9. The predicted molar refractivity (Wildman–Crippen MR) is 93.5 cm³/mol. The van der Waals surface area contributed by atoms with Gasteiger partial charge in [0.25, 0.3) is 0 Å². The number of ether oxygens (including phenoxy) is 2. The molecule has 2 N–H and O–H groups in total. The number of carbonyl (C=O) groups is 1. The highest BCUT2D eigenvalue weighted by atomic mass is 35.5. The molecule has 0 fully saturated rings. The lowest BCUT2D eigenvalue weighted by Gasteiger charge is -2.05. The first-order valence-corrected chi connectivity index (χ1v) is 7.77. The molecule has 0 aliphatic heterocycles. The van der Waals surface area contributed by atoms with E-state index in [0.29, 0.717) is 22.2 Å². The summed E-state index contributed by atoms with van der Waals surface area (Å²) in [7, 11) is 1.60. The van der Waals surface area contributed by atoms with E-state index < -0.39 is 5.97 Å². The first-order valence-electron chi connectivity index (χ1n) is 7.39. The van der Waals surface area contributed by atoms with E-state index in [4.69, 9.17) is 31.3 Å². The van der Waals surface area contributed by atoms with Crippen LogP contribution in [0.15, 0.2) is 53.1 Å². The summed E-state index contributed by atoms with van der Waals surface area (Å²) >= 11 is 5.87. The van der Waals surface area contributed by atoms with Crippen LogP contribution in [-0.2, 0) is 11.3 Å². The molecule has 6 nitrogen and oxygen atoms in total. The average Bonchev–Trinajstić information content (AvgIpc) is 3.11. The number of hydrogen-bond acceptors (Lipinski definition) is 6. The van der Waals surface area contributed by atoms with Crippen molar-refractivity contribution in [1.29, 1.82) is 0 Å². The minimum Gasteiger partial charge on any atom is -0.497 e. The molecule has 7 heteroatoms. The number of benzene rings is 2. The van der Waals surface area contributed by atoms with Crippen LogP contribution < -0.4 is 10.5 Å². The van der Waals surface area contributed by atoms with Crippen molar-refractivity contribution in [2.24, 2.45) is 0 Å². The lowest BCUT2D eigenvalue weighted by molar-refractivity contribution is 0.0438. The van der Waals surface area contributed by atoms with Gasteiger partial charge >= 0.3 is 5.97 Å². The Morgan fingerprint density at radius 3 is 2.68 bits per heavy atom. The van der Waals surface area contributed by atoms with Crippen molar-refractivity contribution in [3.8, 4) is 17.0 Å². The number of hydrogen-bond donors (Lipinski definition) is 1. The summed E-state index contributed by atoms with van der Waals surface area (Å²) in [5.41, 5.74) is 7.76. The Morgan fingerprint density at radius 2 is 1.96 bits per heavy atom. The molecule has 0 aliphatic carbocycles. The van der Waals surface area contributed by atoms with E-state index >= 15 is 0 Å². The molecule has 128 valence electrons. The minimum atomic E-state index is -0.581. The van der Waals surface area contributed by atoms with Gasteiger partial charge in [-0.25, -0.2) is 4.79 Å². The molecule has 1 aromatic heterocycles. The average molecular weight is 359 g/mol. The Bertz CT molecular complexity index is 890. The van der Waals surface area contributed by atoms with Crippen molar-refractivity contribution in [2.75, 3.05) is 12.8 Å². The summed E-state index contributed by atoms with van der Waals surface area (Å²) in [6, 6.07) is 13.7. The Kier molecular flexibility index (Phi) is 4.90. The monoisotopic (exact) mass is 358 g/mol. The number of carbonyl (C=O) groups excluding carboxylic acids is 1. The molecule has 0 spiro atoms. The third-order valence-electron chi connectivity index (χ3n) is 3.53. The van der Waals surface area contributed by atoms with Gasteiger partial charge in [0, 0.05) is 22.3 Å². The van der Waals surface area contributed by atoms with Crippen molar-refractivity contribution >= 4 is 23.3 Å². The fraction of sp³-hybridized carbons (Fsp3) is 0.111. The molecule has 1 heterocycles. The lowest BCUT2D eigenvalue weighted by Crippen LogP contribution is -2.08. The van der Waals surface area contributed by atoms with Crippen LogP contribution in [0.2, 0.25) is 5.02 Å². The zero-order valence-electron chi connectivity index (χ0n) is 13.4. The summed E-state index contributed by atoms with van der Waals surface area (Å²) < 4.78 is 15.5. The number of nitrogen functional groups attached to an aromatic ring is 1. The van der Waals surface area contributed by atoms with Gasteiger partial charge in [0.2, 0.25) is 0 Å². The molecule has 0 amide bonds. The van der Waals surface area contributed by atoms with Crippen molar-refractivity contribution in [3.05, 3.63) is 64.9 Å². The Hall–Kier alpha value is -2.99. The highest BCUT2D eigenvalue weighted by molar-refractivity contribution is 6.31. The van der Waals surface area contributed by atoms with E-state index in [1.807, 2.05) is 24.3 Å². The molecule has 25 heavy (non-hydrogen) atoms. The number of anilines is 1. The second kappa shape index (κ2) is 7.27. The number of nitrogens with zero attached hydrogens (tertiary/aromatic N) is 1. The SMILES string of the molecule is COc1ccc(-c2cc(COC(=O)c3cc(Cl)ccc3N)on2)cc1. The molecule has 2 aromatic carbocycles. The van der Waals surface area contributed by atoms with Crippen LogP contribution in [0.5, 0.6) is 5.75 Å². The smallest absolute Gasteiger partial charge is 0.340 e. The van der Waals surface area contributed by atoms with Crippen LogP contribution in [0.4, 0.5) is 5.69 Å². The maximum atomic E-state index is 12.1. The van der Waals surface area contributed by atoms with E-state index in [9.17, 15) is 4.79 Å². The van der Waals surface area contributed by atoms with E-state index in [-0.39, 0.29) is 12.2 Å². The van der Waals surface area contributed by atoms with Gasteiger partial charge in [0.15, 0.2) is 12.4 Å². The van der Waals surface area contributed by atoms with Crippen molar-refractivity contribution in [2.45, 2.75) is 6.61 Å². The zero-order valence-corrected chi connectivity index (χ0v) is 14.1. The van der Waals surface area contributed by atoms with Gasteiger partial charge in [0.1, 0.15) is 11.4 Å². The normalized spacial score (nSPS) is 10.5. The number of nitrogens with two attached hydrogens (primary N) is 1. The fourth-order valence-electron chi connectivity index (χ4n) is 2.20. The largest absolute Gasteiger partial charge is 0.497 e. The van der Waals surface area contributed by atoms with Gasteiger partial charge in [-0.2, -0.15) is 0 Å². The quantitative estimate of drug-likeness (QED) is 0.549. The van der Waals surface area contributed by atoms with Gasteiger partial charge in [-0.1, -0.05) is 16.8 Å². The van der Waals surface area contributed by atoms with Gasteiger partial charge in [-0.3, -0.25) is 0 Å². The summed E-state index contributed by atoms with van der Waals surface area (Å²) in [6.07, 6.45) is 0.